The zero-order valence-corrected chi connectivity index (χ0v) is 22.9. The van der Waals surface area contributed by atoms with Crippen LogP contribution in [0, 0.1) is 0 Å². The van der Waals surface area contributed by atoms with Crippen molar-refractivity contribution in [1.29, 1.82) is 0 Å². The number of aromatic nitrogens is 1. The first-order valence-electron chi connectivity index (χ1n) is 13.6. The van der Waals surface area contributed by atoms with E-state index in [2.05, 4.69) is 126 Å². The summed E-state index contributed by atoms with van der Waals surface area (Å²) >= 11 is 1.72. The van der Waals surface area contributed by atoms with Crippen molar-refractivity contribution in [2.75, 3.05) is 4.90 Å². The van der Waals surface area contributed by atoms with Crippen LogP contribution in [0.1, 0.15) is 0 Å². The molecule has 0 radical (unpaired) electrons. The quantitative estimate of drug-likeness (QED) is 0.216. The Labute approximate surface area is 241 Å². The first-order chi connectivity index (χ1) is 20.3. The minimum Gasteiger partial charge on any atom is -0.456 e. The number of anilines is 3. The van der Waals surface area contributed by atoms with E-state index in [9.17, 15) is 0 Å². The van der Waals surface area contributed by atoms with Crippen molar-refractivity contribution in [1.82, 2.24) is 4.98 Å². The summed E-state index contributed by atoms with van der Waals surface area (Å²) in [7, 11) is 0. The zero-order valence-electron chi connectivity index (χ0n) is 22.1. The lowest BCUT2D eigenvalue weighted by atomic mass is 10.0. The van der Waals surface area contributed by atoms with Gasteiger partial charge in [0.1, 0.15) is 16.2 Å². The van der Waals surface area contributed by atoms with Crippen LogP contribution in [0.4, 0.5) is 17.1 Å². The van der Waals surface area contributed by atoms with E-state index in [1.165, 1.54) is 4.70 Å². The summed E-state index contributed by atoms with van der Waals surface area (Å²) in [5.41, 5.74) is 9.55. The molecule has 0 bridgehead atoms. The van der Waals surface area contributed by atoms with Gasteiger partial charge >= 0.3 is 0 Å². The number of furan rings is 1. The van der Waals surface area contributed by atoms with Crippen molar-refractivity contribution < 1.29 is 4.42 Å². The Balaban J connectivity index is 1.18. The molecule has 0 fully saturated rings. The fraction of sp³-hybridized carbons (Fsp3) is 0. The zero-order chi connectivity index (χ0) is 27.2. The van der Waals surface area contributed by atoms with Crippen LogP contribution < -0.4 is 4.90 Å². The maximum atomic E-state index is 6.39. The molecule has 3 nitrogen and oxygen atoms in total. The number of fused-ring (bicyclic) bond motifs is 5. The lowest BCUT2D eigenvalue weighted by molar-refractivity contribution is 0.669. The SMILES string of the molecule is c1ccc(-c2nc3ccc4oc5cc(-c6ccc(N(c7ccccc7)c7ccccc7)cc6)ccc5c4c3s2)cc1. The molecule has 6 aromatic carbocycles. The average molecular weight is 545 g/mol. The highest BCUT2D eigenvalue weighted by atomic mass is 32.1. The van der Waals surface area contributed by atoms with Gasteiger partial charge in [-0.1, -0.05) is 84.9 Å². The van der Waals surface area contributed by atoms with E-state index in [1.807, 2.05) is 24.3 Å². The van der Waals surface area contributed by atoms with Crippen molar-refractivity contribution in [2.45, 2.75) is 0 Å². The highest BCUT2D eigenvalue weighted by Gasteiger charge is 2.16. The Hall–Kier alpha value is -5.19. The van der Waals surface area contributed by atoms with Crippen LogP contribution in [-0.4, -0.2) is 4.98 Å². The van der Waals surface area contributed by atoms with Crippen molar-refractivity contribution in [3.8, 4) is 21.7 Å². The summed E-state index contributed by atoms with van der Waals surface area (Å²) in [5, 5.41) is 3.29. The second-order valence-corrected chi connectivity index (χ2v) is 11.0. The van der Waals surface area contributed by atoms with Crippen LogP contribution in [0.3, 0.4) is 0 Å². The van der Waals surface area contributed by atoms with Gasteiger partial charge in [-0.15, -0.1) is 11.3 Å². The van der Waals surface area contributed by atoms with E-state index in [-0.39, 0.29) is 0 Å². The lowest BCUT2D eigenvalue weighted by Crippen LogP contribution is -2.09. The Kier molecular flexibility index (Phi) is 5.64. The molecule has 0 aliphatic carbocycles. The molecule has 0 aliphatic heterocycles. The van der Waals surface area contributed by atoms with Gasteiger partial charge in [0.25, 0.3) is 0 Å². The van der Waals surface area contributed by atoms with E-state index in [0.717, 1.165) is 66.2 Å². The monoisotopic (exact) mass is 544 g/mol. The molecule has 0 saturated carbocycles. The molecular weight excluding hydrogens is 520 g/mol. The molecule has 0 unspecified atom stereocenters. The average Bonchev–Trinajstić information content (AvgIpc) is 3.64. The molecule has 8 rings (SSSR count). The van der Waals surface area contributed by atoms with Crippen LogP contribution in [0.25, 0.3) is 53.9 Å². The van der Waals surface area contributed by atoms with Gasteiger partial charge in [0.2, 0.25) is 0 Å². The van der Waals surface area contributed by atoms with Crippen molar-refractivity contribution in [2.24, 2.45) is 0 Å². The first kappa shape index (κ1) is 23.7. The number of para-hydroxylation sites is 2. The molecule has 0 N–H and O–H groups in total. The van der Waals surface area contributed by atoms with Crippen LogP contribution in [0.5, 0.6) is 0 Å². The number of hydrogen-bond acceptors (Lipinski definition) is 4. The second kappa shape index (κ2) is 9.77. The Morgan fingerprint density at radius 3 is 1.80 bits per heavy atom. The second-order valence-electron chi connectivity index (χ2n) is 10.0. The smallest absolute Gasteiger partial charge is 0.137 e. The van der Waals surface area contributed by atoms with Crippen molar-refractivity contribution in [3.05, 3.63) is 146 Å². The third-order valence-electron chi connectivity index (χ3n) is 7.50. The van der Waals surface area contributed by atoms with Crippen LogP contribution in [0.15, 0.2) is 150 Å². The molecule has 41 heavy (non-hydrogen) atoms. The standard InChI is InChI=1S/C37H24N2OS/c1-4-10-26(11-5-1)37-38-32-22-23-33-35(36(32)41-37)31-21-18-27(24-34(31)40-33)25-16-19-30(20-17-25)39(28-12-6-2-7-13-28)29-14-8-3-9-15-29/h1-24H. The topological polar surface area (TPSA) is 29.3 Å². The molecule has 0 saturated heterocycles. The summed E-state index contributed by atoms with van der Waals surface area (Å²) in [6, 6.07) is 50.7. The molecular formula is C37H24N2OS. The van der Waals surface area contributed by atoms with Crippen LogP contribution in [-0.2, 0) is 0 Å². The van der Waals surface area contributed by atoms with Crippen molar-refractivity contribution in [3.63, 3.8) is 0 Å². The molecule has 0 atom stereocenters. The molecule has 2 heterocycles. The van der Waals surface area contributed by atoms with Gasteiger partial charge in [0.05, 0.1) is 10.2 Å². The number of hydrogen-bond donors (Lipinski definition) is 0. The molecule has 4 heteroatoms. The highest BCUT2D eigenvalue weighted by molar-refractivity contribution is 7.22. The predicted octanol–water partition coefficient (Wildman–Crippen LogP) is 11.0. The lowest BCUT2D eigenvalue weighted by Gasteiger charge is -2.25. The number of rotatable bonds is 5. The Bertz CT molecular complexity index is 2090. The summed E-state index contributed by atoms with van der Waals surface area (Å²) < 4.78 is 7.55. The van der Waals surface area contributed by atoms with E-state index >= 15 is 0 Å². The van der Waals surface area contributed by atoms with E-state index in [4.69, 9.17) is 9.40 Å². The highest BCUT2D eigenvalue weighted by Crippen LogP contribution is 2.41. The van der Waals surface area contributed by atoms with Gasteiger partial charge in [-0.25, -0.2) is 4.98 Å². The summed E-state index contributed by atoms with van der Waals surface area (Å²) in [4.78, 5) is 7.20. The maximum Gasteiger partial charge on any atom is 0.137 e. The van der Waals surface area contributed by atoms with Gasteiger partial charge in [-0.3, -0.25) is 0 Å². The molecule has 0 aliphatic rings. The van der Waals surface area contributed by atoms with Gasteiger partial charge in [0.15, 0.2) is 0 Å². The number of nitrogens with zero attached hydrogens (tertiary/aromatic N) is 2. The summed E-state index contributed by atoms with van der Waals surface area (Å²) in [5.74, 6) is 0. The fourth-order valence-corrected chi connectivity index (χ4v) is 6.66. The third kappa shape index (κ3) is 4.17. The number of benzene rings is 6. The maximum absolute atomic E-state index is 6.39. The van der Waals surface area contributed by atoms with Gasteiger partial charge in [-0.05, 0) is 71.8 Å². The third-order valence-corrected chi connectivity index (χ3v) is 8.64. The van der Waals surface area contributed by atoms with E-state index in [0.29, 0.717) is 0 Å². The summed E-state index contributed by atoms with van der Waals surface area (Å²) in [6.45, 7) is 0. The molecule has 0 spiro atoms. The summed E-state index contributed by atoms with van der Waals surface area (Å²) in [6.07, 6.45) is 0. The minimum atomic E-state index is 0.888. The first-order valence-corrected chi connectivity index (χ1v) is 14.5. The van der Waals surface area contributed by atoms with E-state index < -0.39 is 0 Å². The molecule has 8 aromatic rings. The van der Waals surface area contributed by atoms with Gasteiger partial charge in [-0.2, -0.15) is 0 Å². The molecule has 2 aromatic heterocycles. The Morgan fingerprint density at radius 1 is 0.512 bits per heavy atom. The predicted molar refractivity (Wildman–Crippen MR) is 172 cm³/mol. The fourth-order valence-electron chi connectivity index (χ4n) is 5.53. The van der Waals surface area contributed by atoms with Crippen LogP contribution in [0.2, 0.25) is 0 Å². The molecule has 0 amide bonds. The van der Waals surface area contributed by atoms with E-state index in [1.54, 1.807) is 11.3 Å². The van der Waals surface area contributed by atoms with Gasteiger partial charge < -0.3 is 9.32 Å². The number of thiazole rings is 1. The normalized spacial score (nSPS) is 11.4. The minimum absolute atomic E-state index is 0.888. The Morgan fingerprint density at radius 2 is 1.12 bits per heavy atom. The molecule has 194 valence electrons. The van der Waals surface area contributed by atoms with Crippen LogP contribution >= 0.6 is 11.3 Å². The van der Waals surface area contributed by atoms with Crippen molar-refractivity contribution >= 4 is 60.6 Å². The van der Waals surface area contributed by atoms with Gasteiger partial charge in [0, 0.05) is 33.4 Å². The largest absolute Gasteiger partial charge is 0.456 e.